The average molecular weight is 235 g/mol. The summed E-state index contributed by atoms with van der Waals surface area (Å²) in [6.45, 7) is 11.1. The summed E-state index contributed by atoms with van der Waals surface area (Å²) in [6.07, 6.45) is 0.742. The van der Waals surface area contributed by atoms with Crippen LogP contribution in [0.25, 0.3) is 0 Å². The molecule has 0 spiro atoms. The molecule has 2 heteroatoms. The van der Waals surface area contributed by atoms with Crippen molar-refractivity contribution in [3.05, 3.63) is 29.8 Å². The molecule has 0 amide bonds. The molecule has 2 nitrogen and oxygen atoms in total. The van der Waals surface area contributed by atoms with Crippen molar-refractivity contribution in [1.29, 1.82) is 0 Å². The van der Waals surface area contributed by atoms with E-state index >= 15 is 0 Å². The fourth-order valence-electron chi connectivity index (χ4n) is 1.79. The molecule has 0 atom stereocenters. The first-order valence-corrected chi connectivity index (χ1v) is 6.26. The first-order chi connectivity index (χ1) is 7.70. The van der Waals surface area contributed by atoms with E-state index in [4.69, 9.17) is 0 Å². The van der Waals surface area contributed by atoms with Gasteiger partial charge in [-0.3, -0.25) is 0 Å². The highest BCUT2D eigenvalue weighted by atomic mass is 16.3. The van der Waals surface area contributed by atoms with E-state index in [-0.39, 0.29) is 5.41 Å². The van der Waals surface area contributed by atoms with Crippen LogP contribution in [0.4, 0.5) is 5.69 Å². The Morgan fingerprint density at radius 1 is 1.06 bits per heavy atom. The predicted octanol–water partition coefficient (Wildman–Crippen LogP) is 3.56. The fourth-order valence-corrected chi connectivity index (χ4v) is 1.79. The molecule has 0 fully saturated rings. The summed E-state index contributed by atoms with van der Waals surface area (Å²) >= 11 is 0. The highest BCUT2D eigenvalue weighted by molar-refractivity contribution is 5.54. The third-order valence-electron chi connectivity index (χ3n) is 2.79. The number of para-hydroxylation sites is 1. The third-order valence-corrected chi connectivity index (χ3v) is 2.79. The van der Waals surface area contributed by atoms with Crippen molar-refractivity contribution in [2.45, 2.75) is 52.1 Å². The lowest BCUT2D eigenvalue weighted by Crippen LogP contribution is -2.23. The lowest BCUT2D eigenvalue weighted by atomic mass is 9.86. The average Bonchev–Trinajstić information content (AvgIpc) is 2.15. The first kappa shape index (κ1) is 14.0. The molecule has 17 heavy (non-hydrogen) atoms. The lowest BCUT2D eigenvalue weighted by molar-refractivity contribution is 0.0749. The zero-order valence-electron chi connectivity index (χ0n) is 11.7. The van der Waals surface area contributed by atoms with E-state index in [2.05, 4.69) is 44.3 Å². The number of hydrogen-bond donors (Lipinski definition) is 2. The Morgan fingerprint density at radius 3 is 2.18 bits per heavy atom. The second kappa shape index (κ2) is 5.09. The van der Waals surface area contributed by atoms with Crippen LogP contribution in [0, 0.1) is 0 Å². The van der Waals surface area contributed by atoms with Crippen LogP contribution in [0.15, 0.2) is 24.3 Å². The van der Waals surface area contributed by atoms with Gasteiger partial charge in [0.15, 0.2) is 0 Å². The van der Waals surface area contributed by atoms with Gasteiger partial charge in [-0.15, -0.1) is 0 Å². The van der Waals surface area contributed by atoms with Crippen LogP contribution in [0.3, 0.4) is 0 Å². The molecule has 0 unspecified atom stereocenters. The van der Waals surface area contributed by atoms with Crippen LogP contribution in [0.1, 0.15) is 46.6 Å². The molecule has 96 valence electrons. The molecule has 0 saturated carbocycles. The number of anilines is 1. The molecule has 1 rings (SSSR count). The Balaban J connectivity index is 2.72. The van der Waals surface area contributed by atoms with E-state index in [1.165, 1.54) is 11.3 Å². The van der Waals surface area contributed by atoms with Crippen molar-refractivity contribution in [3.8, 4) is 0 Å². The van der Waals surface area contributed by atoms with Crippen LogP contribution < -0.4 is 5.32 Å². The maximum atomic E-state index is 9.68. The summed E-state index contributed by atoms with van der Waals surface area (Å²) in [5, 5.41) is 13.1. The topological polar surface area (TPSA) is 32.3 Å². The summed E-state index contributed by atoms with van der Waals surface area (Å²) in [4.78, 5) is 0. The van der Waals surface area contributed by atoms with Crippen molar-refractivity contribution in [2.24, 2.45) is 0 Å². The Labute approximate surface area is 105 Å². The van der Waals surface area contributed by atoms with Gasteiger partial charge in [0.05, 0.1) is 5.60 Å². The van der Waals surface area contributed by atoms with Gasteiger partial charge in [0.25, 0.3) is 0 Å². The Bertz CT molecular complexity index is 358. The van der Waals surface area contributed by atoms with Crippen LogP contribution in [0.2, 0.25) is 0 Å². The highest BCUT2D eigenvalue weighted by Crippen LogP contribution is 2.29. The number of hydrogen-bond acceptors (Lipinski definition) is 2. The summed E-state index contributed by atoms with van der Waals surface area (Å²) in [6, 6.07) is 8.38. The van der Waals surface area contributed by atoms with E-state index in [0.29, 0.717) is 0 Å². The summed E-state index contributed by atoms with van der Waals surface area (Å²) in [5.41, 5.74) is 2.02. The Kier molecular flexibility index (Phi) is 4.21. The van der Waals surface area contributed by atoms with Gasteiger partial charge in [-0.05, 0) is 37.3 Å². The summed E-state index contributed by atoms with van der Waals surface area (Å²) in [7, 11) is 0. The largest absolute Gasteiger partial charge is 0.390 e. The van der Waals surface area contributed by atoms with Gasteiger partial charge < -0.3 is 10.4 Å². The number of benzene rings is 1. The normalized spacial score (nSPS) is 12.6. The van der Waals surface area contributed by atoms with Gasteiger partial charge >= 0.3 is 0 Å². The molecule has 0 aliphatic carbocycles. The molecule has 0 bridgehead atoms. The van der Waals surface area contributed by atoms with Gasteiger partial charge in [0.1, 0.15) is 0 Å². The van der Waals surface area contributed by atoms with Crippen molar-refractivity contribution in [3.63, 3.8) is 0 Å². The standard InChI is InChI=1S/C15H25NO/c1-14(2,3)12-8-6-7-9-13(12)16-11-10-15(4,5)17/h6-9,16-17H,10-11H2,1-5H3. The molecule has 0 aliphatic heterocycles. The predicted molar refractivity (Wildman–Crippen MR) is 74.5 cm³/mol. The zero-order chi connectivity index (χ0) is 13.1. The molecule has 0 radical (unpaired) electrons. The SMILES string of the molecule is CC(C)(O)CCNc1ccccc1C(C)(C)C. The van der Waals surface area contributed by atoms with Crippen LogP contribution in [-0.4, -0.2) is 17.3 Å². The smallest absolute Gasteiger partial charge is 0.0608 e. The molecule has 0 saturated heterocycles. The molecule has 0 aliphatic rings. The molecule has 0 aromatic heterocycles. The van der Waals surface area contributed by atoms with E-state index in [9.17, 15) is 5.11 Å². The number of aliphatic hydroxyl groups is 1. The highest BCUT2D eigenvalue weighted by Gasteiger charge is 2.18. The molecule has 1 aromatic rings. The van der Waals surface area contributed by atoms with Gasteiger partial charge in [0, 0.05) is 12.2 Å². The van der Waals surface area contributed by atoms with Crippen molar-refractivity contribution in [2.75, 3.05) is 11.9 Å². The van der Waals surface area contributed by atoms with Crippen molar-refractivity contribution < 1.29 is 5.11 Å². The van der Waals surface area contributed by atoms with Crippen molar-refractivity contribution >= 4 is 5.69 Å². The zero-order valence-corrected chi connectivity index (χ0v) is 11.7. The minimum absolute atomic E-state index is 0.137. The number of rotatable bonds is 4. The quantitative estimate of drug-likeness (QED) is 0.836. The van der Waals surface area contributed by atoms with Crippen molar-refractivity contribution in [1.82, 2.24) is 0 Å². The number of nitrogens with one attached hydrogen (secondary N) is 1. The summed E-state index contributed by atoms with van der Waals surface area (Å²) < 4.78 is 0. The fraction of sp³-hybridized carbons (Fsp3) is 0.600. The Morgan fingerprint density at radius 2 is 1.65 bits per heavy atom. The van der Waals surface area contributed by atoms with E-state index in [1.807, 2.05) is 19.9 Å². The lowest BCUT2D eigenvalue weighted by Gasteiger charge is -2.24. The van der Waals surface area contributed by atoms with Crippen LogP contribution >= 0.6 is 0 Å². The second-order valence-electron chi connectivity index (χ2n) is 6.28. The molecule has 2 N–H and O–H groups in total. The summed E-state index contributed by atoms with van der Waals surface area (Å²) in [5.74, 6) is 0. The van der Waals surface area contributed by atoms with Gasteiger partial charge in [-0.2, -0.15) is 0 Å². The van der Waals surface area contributed by atoms with Crippen LogP contribution in [0.5, 0.6) is 0 Å². The van der Waals surface area contributed by atoms with Gasteiger partial charge in [-0.1, -0.05) is 39.0 Å². The molecule has 0 heterocycles. The Hall–Kier alpha value is -1.02. The first-order valence-electron chi connectivity index (χ1n) is 6.26. The van der Waals surface area contributed by atoms with Crippen LogP contribution in [-0.2, 0) is 5.41 Å². The monoisotopic (exact) mass is 235 g/mol. The van der Waals surface area contributed by atoms with E-state index in [0.717, 1.165) is 13.0 Å². The van der Waals surface area contributed by atoms with E-state index < -0.39 is 5.60 Å². The van der Waals surface area contributed by atoms with Gasteiger partial charge in [-0.25, -0.2) is 0 Å². The molecular formula is C15H25NO. The maximum absolute atomic E-state index is 9.68. The second-order valence-corrected chi connectivity index (χ2v) is 6.28. The molecule has 1 aromatic carbocycles. The minimum Gasteiger partial charge on any atom is -0.390 e. The molecular weight excluding hydrogens is 210 g/mol. The van der Waals surface area contributed by atoms with Gasteiger partial charge in [0.2, 0.25) is 0 Å². The maximum Gasteiger partial charge on any atom is 0.0608 e. The van der Waals surface area contributed by atoms with E-state index in [1.54, 1.807) is 0 Å². The minimum atomic E-state index is -0.607. The third kappa shape index (κ3) is 4.78.